The van der Waals surface area contributed by atoms with E-state index < -0.39 is 0 Å². The summed E-state index contributed by atoms with van der Waals surface area (Å²) in [6, 6.07) is 1.46. The zero-order chi connectivity index (χ0) is 13.3. The molecule has 3 fully saturated rings. The van der Waals surface area contributed by atoms with Crippen molar-refractivity contribution >= 4 is 0 Å². The van der Waals surface area contributed by atoms with Crippen molar-refractivity contribution in [3.8, 4) is 0 Å². The highest BCUT2D eigenvalue weighted by atomic mass is 16.5. The number of rotatable bonds is 5. The maximum atomic E-state index is 5.29. The summed E-state index contributed by atoms with van der Waals surface area (Å²) in [6.45, 7) is 5.80. The monoisotopic (exact) mass is 266 g/mol. The van der Waals surface area contributed by atoms with E-state index in [2.05, 4.69) is 17.1 Å². The summed E-state index contributed by atoms with van der Waals surface area (Å²) in [5.74, 6) is 0.969. The largest absolute Gasteiger partial charge is 0.385 e. The molecule has 3 nitrogen and oxygen atoms in total. The minimum atomic E-state index is 0.451. The predicted octanol–water partition coefficient (Wildman–Crippen LogP) is 2.41. The van der Waals surface area contributed by atoms with Crippen LogP contribution in [0, 0.1) is 5.92 Å². The molecule has 0 aromatic heterocycles. The van der Waals surface area contributed by atoms with Gasteiger partial charge in [0.1, 0.15) is 0 Å². The smallest absolute Gasteiger partial charge is 0.0477 e. The quantitative estimate of drug-likeness (QED) is 0.827. The normalized spacial score (nSPS) is 32.8. The summed E-state index contributed by atoms with van der Waals surface area (Å²) in [6.07, 6.45) is 9.69. The van der Waals surface area contributed by atoms with E-state index in [4.69, 9.17) is 4.74 Å². The number of hydrogen-bond acceptors (Lipinski definition) is 3. The summed E-state index contributed by atoms with van der Waals surface area (Å²) >= 11 is 0. The number of ether oxygens (including phenoxy) is 1. The predicted molar refractivity (Wildman–Crippen MR) is 78.4 cm³/mol. The van der Waals surface area contributed by atoms with Crippen LogP contribution < -0.4 is 5.32 Å². The van der Waals surface area contributed by atoms with Crippen LogP contribution in [0.1, 0.15) is 51.9 Å². The Morgan fingerprint density at radius 3 is 2.68 bits per heavy atom. The van der Waals surface area contributed by atoms with Crippen molar-refractivity contribution in [3.05, 3.63) is 0 Å². The van der Waals surface area contributed by atoms with Crippen LogP contribution in [0.2, 0.25) is 0 Å². The summed E-state index contributed by atoms with van der Waals surface area (Å²) in [5.41, 5.74) is 0.451. The van der Waals surface area contributed by atoms with Gasteiger partial charge in [0.25, 0.3) is 0 Å². The first kappa shape index (κ1) is 13.8. The maximum Gasteiger partial charge on any atom is 0.0477 e. The van der Waals surface area contributed by atoms with E-state index >= 15 is 0 Å². The molecule has 1 heterocycles. The van der Waals surface area contributed by atoms with Crippen LogP contribution in [0.3, 0.4) is 0 Å². The molecule has 3 rings (SSSR count). The Labute approximate surface area is 118 Å². The molecule has 0 bridgehead atoms. The van der Waals surface area contributed by atoms with Crippen molar-refractivity contribution in [2.24, 2.45) is 5.92 Å². The zero-order valence-electron chi connectivity index (χ0n) is 12.7. The van der Waals surface area contributed by atoms with Gasteiger partial charge in [-0.2, -0.15) is 0 Å². The Bertz CT molecular complexity index is 297. The molecule has 19 heavy (non-hydrogen) atoms. The molecule has 0 amide bonds. The van der Waals surface area contributed by atoms with E-state index in [0.29, 0.717) is 11.6 Å². The fourth-order valence-corrected chi connectivity index (χ4v) is 4.20. The average Bonchev–Trinajstić information content (AvgIpc) is 3.17. The fraction of sp³-hybridized carbons (Fsp3) is 1.00. The van der Waals surface area contributed by atoms with Gasteiger partial charge in [-0.1, -0.05) is 12.8 Å². The van der Waals surface area contributed by atoms with Crippen LogP contribution in [0.4, 0.5) is 0 Å². The molecule has 0 radical (unpaired) electrons. The molecule has 1 aliphatic heterocycles. The van der Waals surface area contributed by atoms with Gasteiger partial charge in [-0.05, 0) is 44.9 Å². The third kappa shape index (κ3) is 2.98. The molecule has 2 aliphatic carbocycles. The van der Waals surface area contributed by atoms with Gasteiger partial charge < -0.3 is 10.1 Å². The van der Waals surface area contributed by atoms with Gasteiger partial charge in [-0.15, -0.1) is 0 Å². The number of hydrogen-bond donors (Lipinski definition) is 1. The van der Waals surface area contributed by atoms with Crippen LogP contribution in [-0.2, 0) is 4.74 Å². The van der Waals surface area contributed by atoms with Gasteiger partial charge in [-0.25, -0.2) is 0 Å². The highest BCUT2D eigenvalue weighted by Gasteiger charge is 2.46. The Kier molecular flexibility index (Phi) is 4.16. The van der Waals surface area contributed by atoms with Gasteiger partial charge in [-0.3, -0.25) is 4.90 Å². The van der Waals surface area contributed by atoms with Crippen LogP contribution in [0.15, 0.2) is 0 Å². The Morgan fingerprint density at radius 1 is 1.32 bits per heavy atom. The molecule has 1 N–H and O–H groups in total. The SMILES string of the molecule is COCCC(C)N1CC2(CCCC2)NCC1C1CC1. The van der Waals surface area contributed by atoms with Crippen molar-refractivity contribution < 1.29 is 4.74 Å². The minimum Gasteiger partial charge on any atom is -0.385 e. The van der Waals surface area contributed by atoms with Crippen LogP contribution in [0.5, 0.6) is 0 Å². The first-order valence-corrected chi connectivity index (χ1v) is 8.24. The van der Waals surface area contributed by atoms with Gasteiger partial charge in [0, 0.05) is 44.4 Å². The second kappa shape index (κ2) is 5.71. The molecule has 1 spiro atoms. The molecule has 110 valence electrons. The van der Waals surface area contributed by atoms with E-state index in [1.165, 1.54) is 58.0 Å². The lowest BCUT2D eigenvalue weighted by Gasteiger charge is -2.49. The second-order valence-electron chi connectivity index (χ2n) is 7.08. The van der Waals surface area contributed by atoms with Crippen LogP contribution >= 0.6 is 0 Å². The highest BCUT2D eigenvalue weighted by molar-refractivity contribution is 5.05. The molecule has 0 aromatic rings. The molecule has 2 atom stereocenters. The molecule has 3 heteroatoms. The average molecular weight is 266 g/mol. The number of nitrogens with zero attached hydrogens (tertiary/aromatic N) is 1. The number of methoxy groups -OCH3 is 1. The van der Waals surface area contributed by atoms with Gasteiger partial charge in [0.05, 0.1) is 0 Å². The third-order valence-corrected chi connectivity index (χ3v) is 5.63. The van der Waals surface area contributed by atoms with E-state index in [0.717, 1.165) is 18.6 Å². The molecule has 1 saturated heterocycles. The van der Waals surface area contributed by atoms with Crippen LogP contribution in [-0.4, -0.2) is 49.3 Å². The van der Waals surface area contributed by atoms with E-state index in [1.54, 1.807) is 0 Å². The molecule has 2 unspecified atom stereocenters. The van der Waals surface area contributed by atoms with Gasteiger partial charge in [0.2, 0.25) is 0 Å². The topological polar surface area (TPSA) is 24.5 Å². The lowest BCUT2D eigenvalue weighted by atomic mass is 9.89. The number of piperazine rings is 1. The van der Waals surface area contributed by atoms with Crippen LogP contribution in [0.25, 0.3) is 0 Å². The van der Waals surface area contributed by atoms with E-state index in [9.17, 15) is 0 Å². The Hall–Kier alpha value is -0.120. The molecular formula is C16H30N2O. The standard InChI is InChI=1S/C16H30N2O/c1-13(7-10-19-2)18-12-16(8-3-4-9-16)17-11-15(18)14-5-6-14/h13-15,17H,3-12H2,1-2H3. The lowest BCUT2D eigenvalue weighted by molar-refractivity contribution is 0.0265. The van der Waals surface area contributed by atoms with Crippen molar-refractivity contribution in [2.75, 3.05) is 26.8 Å². The first-order chi connectivity index (χ1) is 9.24. The van der Waals surface area contributed by atoms with Crippen molar-refractivity contribution in [1.82, 2.24) is 10.2 Å². The minimum absolute atomic E-state index is 0.451. The summed E-state index contributed by atoms with van der Waals surface area (Å²) in [5, 5.41) is 3.93. The van der Waals surface area contributed by atoms with E-state index in [-0.39, 0.29) is 0 Å². The van der Waals surface area contributed by atoms with Crippen molar-refractivity contribution in [2.45, 2.75) is 69.5 Å². The third-order valence-electron chi connectivity index (χ3n) is 5.63. The molecular weight excluding hydrogens is 236 g/mol. The Morgan fingerprint density at radius 2 is 2.05 bits per heavy atom. The fourth-order valence-electron chi connectivity index (χ4n) is 4.20. The second-order valence-corrected chi connectivity index (χ2v) is 7.08. The van der Waals surface area contributed by atoms with Gasteiger partial charge >= 0.3 is 0 Å². The van der Waals surface area contributed by atoms with Gasteiger partial charge in [0.15, 0.2) is 0 Å². The molecule has 2 saturated carbocycles. The summed E-state index contributed by atoms with van der Waals surface area (Å²) in [7, 11) is 1.82. The van der Waals surface area contributed by atoms with Crippen molar-refractivity contribution in [1.29, 1.82) is 0 Å². The maximum absolute atomic E-state index is 5.29. The first-order valence-electron chi connectivity index (χ1n) is 8.24. The van der Waals surface area contributed by atoms with Crippen molar-refractivity contribution in [3.63, 3.8) is 0 Å². The molecule has 3 aliphatic rings. The lowest BCUT2D eigenvalue weighted by Crippen LogP contribution is -2.65. The highest BCUT2D eigenvalue weighted by Crippen LogP contribution is 2.41. The summed E-state index contributed by atoms with van der Waals surface area (Å²) < 4.78 is 5.29. The Balaban J connectivity index is 1.66. The zero-order valence-corrected chi connectivity index (χ0v) is 12.7. The molecule has 0 aromatic carbocycles. The summed E-state index contributed by atoms with van der Waals surface area (Å²) in [4.78, 5) is 2.83. The number of nitrogens with one attached hydrogen (secondary N) is 1. The van der Waals surface area contributed by atoms with E-state index in [1.807, 2.05) is 7.11 Å².